The first-order valence-electron chi connectivity index (χ1n) is 6.44. The highest BCUT2D eigenvalue weighted by Crippen LogP contribution is 2.24. The Morgan fingerprint density at radius 1 is 1.42 bits per heavy atom. The Labute approximate surface area is 122 Å². The molecule has 0 radical (unpaired) electrons. The Kier molecular flexibility index (Phi) is 4.37. The molecule has 2 N–H and O–H groups in total. The van der Waals surface area contributed by atoms with Gasteiger partial charge in [0, 0.05) is 23.0 Å². The van der Waals surface area contributed by atoms with Crippen molar-refractivity contribution in [3.63, 3.8) is 0 Å². The lowest BCUT2D eigenvalue weighted by atomic mass is 9.89. The minimum atomic E-state index is -0.456. The van der Waals surface area contributed by atoms with Crippen molar-refractivity contribution in [3.05, 3.63) is 46.5 Å². The number of hydrogen-bond acceptors (Lipinski definition) is 3. The summed E-state index contributed by atoms with van der Waals surface area (Å²) in [6.45, 7) is 5.03. The van der Waals surface area contributed by atoms with Gasteiger partial charge in [-0.2, -0.15) is 5.10 Å². The highest BCUT2D eigenvalue weighted by molar-refractivity contribution is 9.10. The molecular formula is C14H19BrN4. The average Bonchev–Trinajstić information content (AvgIpc) is 2.76. The molecule has 0 fully saturated rings. The Balaban J connectivity index is 2.23. The number of halogens is 1. The summed E-state index contributed by atoms with van der Waals surface area (Å²) in [4.78, 5) is 4.33. The summed E-state index contributed by atoms with van der Waals surface area (Å²) >= 11 is 3.48. The van der Waals surface area contributed by atoms with E-state index in [1.54, 1.807) is 6.33 Å². The SMILES string of the molecule is CCCn1ncnc1CC(C)(N)c1cccc(Br)c1. The molecule has 2 aromatic rings. The van der Waals surface area contributed by atoms with E-state index in [1.807, 2.05) is 29.8 Å². The third-order valence-electron chi connectivity index (χ3n) is 3.14. The van der Waals surface area contributed by atoms with E-state index in [0.29, 0.717) is 6.42 Å². The smallest absolute Gasteiger partial charge is 0.138 e. The molecular weight excluding hydrogens is 304 g/mol. The molecule has 5 heteroatoms. The van der Waals surface area contributed by atoms with Gasteiger partial charge in [-0.05, 0) is 31.0 Å². The van der Waals surface area contributed by atoms with Crippen LogP contribution >= 0.6 is 15.9 Å². The van der Waals surface area contributed by atoms with Gasteiger partial charge in [0.05, 0.1) is 0 Å². The summed E-state index contributed by atoms with van der Waals surface area (Å²) in [5.41, 5.74) is 7.10. The first-order valence-corrected chi connectivity index (χ1v) is 7.24. The van der Waals surface area contributed by atoms with Gasteiger partial charge in [0.2, 0.25) is 0 Å². The molecule has 0 saturated carbocycles. The van der Waals surface area contributed by atoms with Crippen molar-refractivity contribution in [1.29, 1.82) is 0 Å². The van der Waals surface area contributed by atoms with Crippen molar-refractivity contribution < 1.29 is 0 Å². The molecule has 0 saturated heterocycles. The van der Waals surface area contributed by atoms with Crippen molar-refractivity contribution in [1.82, 2.24) is 14.8 Å². The monoisotopic (exact) mass is 322 g/mol. The van der Waals surface area contributed by atoms with Gasteiger partial charge in [-0.3, -0.25) is 4.68 Å². The minimum Gasteiger partial charge on any atom is -0.321 e. The molecule has 0 aliphatic carbocycles. The molecule has 1 unspecified atom stereocenters. The zero-order valence-electron chi connectivity index (χ0n) is 11.3. The van der Waals surface area contributed by atoms with Crippen molar-refractivity contribution in [2.45, 2.75) is 38.8 Å². The van der Waals surface area contributed by atoms with E-state index in [9.17, 15) is 0 Å². The van der Waals surface area contributed by atoms with Crippen molar-refractivity contribution in [2.75, 3.05) is 0 Å². The van der Waals surface area contributed by atoms with E-state index in [2.05, 4.69) is 39.0 Å². The predicted molar refractivity (Wildman–Crippen MR) is 79.7 cm³/mol. The van der Waals surface area contributed by atoms with Crippen LogP contribution in [-0.2, 0) is 18.5 Å². The van der Waals surface area contributed by atoms with Crippen LogP contribution in [0.5, 0.6) is 0 Å². The lowest BCUT2D eigenvalue weighted by molar-refractivity contribution is 0.451. The van der Waals surface area contributed by atoms with E-state index < -0.39 is 5.54 Å². The largest absolute Gasteiger partial charge is 0.321 e. The van der Waals surface area contributed by atoms with E-state index in [4.69, 9.17) is 5.73 Å². The summed E-state index contributed by atoms with van der Waals surface area (Å²) < 4.78 is 2.97. The zero-order valence-corrected chi connectivity index (χ0v) is 12.9. The molecule has 1 aromatic heterocycles. The summed E-state index contributed by atoms with van der Waals surface area (Å²) in [5.74, 6) is 0.937. The molecule has 4 nitrogen and oxygen atoms in total. The standard InChI is InChI=1S/C14H19BrN4/c1-3-7-19-13(17-10-18-19)9-14(2,16)11-5-4-6-12(15)8-11/h4-6,8,10H,3,7,9,16H2,1-2H3. The van der Waals surface area contributed by atoms with Crippen LogP contribution in [0.3, 0.4) is 0 Å². The van der Waals surface area contributed by atoms with Gasteiger partial charge in [-0.25, -0.2) is 4.98 Å². The number of aromatic nitrogens is 3. The van der Waals surface area contributed by atoms with Crippen molar-refractivity contribution >= 4 is 15.9 Å². The quantitative estimate of drug-likeness (QED) is 0.920. The second kappa shape index (κ2) is 5.84. The number of aryl methyl sites for hydroxylation is 1. The number of benzene rings is 1. The third-order valence-corrected chi connectivity index (χ3v) is 3.63. The Morgan fingerprint density at radius 3 is 2.89 bits per heavy atom. The van der Waals surface area contributed by atoms with Crippen molar-refractivity contribution in [2.24, 2.45) is 5.73 Å². The molecule has 1 atom stereocenters. The second-order valence-electron chi connectivity index (χ2n) is 5.00. The molecule has 0 bridgehead atoms. The van der Waals surface area contributed by atoms with Gasteiger partial charge in [-0.1, -0.05) is 35.0 Å². The van der Waals surface area contributed by atoms with Crippen LogP contribution in [0.2, 0.25) is 0 Å². The molecule has 0 aliphatic heterocycles. The summed E-state index contributed by atoms with van der Waals surface area (Å²) in [5, 5.41) is 4.24. The lowest BCUT2D eigenvalue weighted by Gasteiger charge is -2.25. The van der Waals surface area contributed by atoms with E-state index in [0.717, 1.165) is 28.8 Å². The summed E-state index contributed by atoms with van der Waals surface area (Å²) in [7, 11) is 0. The van der Waals surface area contributed by atoms with Crippen LogP contribution in [-0.4, -0.2) is 14.8 Å². The number of hydrogen-bond donors (Lipinski definition) is 1. The van der Waals surface area contributed by atoms with E-state index in [-0.39, 0.29) is 0 Å². The van der Waals surface area contributed by atoms with Gasteiger partial charge in [0.1, 0.15) is 12.2 Å². The molecule has 19 heavy (non-hydrogen) atoms. The lowest BCUT2D eigenvalue weighted by Crippen LogP contribution is -2.36. The minimum absolute atomic E-state index is 0.456. The first kappa shape index (κ1) is 14.2. The molecule has 1 aromatic carbocycles. The Morgan fingerprint density at radius 2 is 2.21 bits per heavy atom. The molecule has 0 amide bonds. The first-order chi connectivity index (χ1) is 9.03. The third kappa shape index (κ3) is 3.42. The molecule has 0 aliphatic rings. The topological polar surface area (TPSA) is 56.7 Å². The highest BCUT2D eigenvalue weighted by atomic mass is 79.9. The maximum atomic E-state index is 6.46. The fourth-order valence-corrected chi connectivity index (χ4v) is 2.50. The number of nitrogens with two attached hydrogens (primary N) is 1. The molecule has 0 spiro atoms. The van der Waals surface area contributed by atoms with Crippen molar-refractivity contribution in [3.8, 4) is 0 Å². The molecule has 1 heterocycles. The van der Waals surface area contributed by atoms with Gasteiger partial charge in [0.25, 0.3) is 0 Å². The predicted octanol–water partition coefficient (Wildman–Crippen LogP) is 2.87. The number of nitrogens with zero attached hydrogens (tertiary/aromatic N) is 3. The maximum absolute atomic E-state index is 6.46. The van der Waals surface area contributed by atoms with Crippen LogP contribution in [0, 0.1) is 0 Å². The van der Waals surface area contributed by atoms with Crippen LogP contribution in [0.15, 0.2) is 35.1 Å². The number of rotatable bonds is 5. The van der Waals surface area contributed by atoms with Gasteiger partial charge < -0.3 is 5.73 Å². The Hall–Kier alpha value is -1.20. The van der Waals surface area contributed by atoms with Crippen LogP contribution < -0.4 is 5.73 Å². The van der Waals surface area contributed by atoms with Gasteiger partial charge in [-0.15, -0.1) is 0 Å². The Bertz CT molecular complexity index is 548. The highest BCUT2D eigenvalue weighted by Gasteiger charge is 2.24. The molecule has 102 valence electrons. The van der Waals surface area contributed by atoms with Gasteiger partial charge in [0.15, 0.2) is 0 Å². The van der Waals surface area contributed by atoms with Gasteiger partial charge >= 0.3 is 0 Å². The summed E-state index contributed by atoms with van der Waals surface area (Å²) in [6, 6.07) is 8.10. The molecule has 2 rings (SSSR count). The fourth-order valence-electron chi connectivity index (χ4n) is 2.10. The van der Waals surface area contributed by atoms with E-state index >= 15 is 0 Å². The fraction of sp³-hybridized carbons (Fsp3) is 0.429. The summed E-state index contributed by atoms with van der Waals surface area (Å²) in [6.07, 6.45) is 3.31. The van der Waals surface area contributed by atoms with Crippen LogP contribution in [0.25, 0.3) is 0 Å². The van der Waals surface area contributed by atoms with Crippen LogP contribution in [0.1, 0.15) is 31.7 Å². The average molecular weight is 323 g/mol. The maximum Gasteiger partial charge on any atom is 0.138 e. The zero-order chi connectivity index (χ0) is 13.9. The normalized spacial score (nSPS) is 14.3. The second-order valence-corrected chi connectivity index (χ2v) is 5.92. The van der Waals surface area contributed by atoms with Crippen LogP contribution in [0.4, 0.5) is 0 Å². The van der Waals surface area contributed by atoms with E-state index in [1.165, 1.54) is 0 Å².